The average molecular weight is 439 g/mol. The number of hydrogen-bond donors (Lipinski definition) is 1. The predicted octanol–water partition coefficient (Wildman–Crippen LogP) is 3.95. The number of rotatable bonds is 4. The smallest absolute Gasteiger partial charge is 0.277 e. The molecule has 0 saturated heterocycles. The number of nitrogens with one attached hydrogen (secondary N) is 1. The molecule has 0 fully saturated rings. The zero-order chi connectivity index (χ0) is 22.4. The van der Waals surface area contributed by atoms with Crippen molar-refractivity contribution in [3.05, 3.63) is 53.5 Å². The average Bonchev–Trinajstić information content (AvgIpc) is 3.36. The van der Waals surface area contributed by atoms with Crippen LogP contribution in [0.15, 0.2) is 47.8 Å². The highest BCUT2D eigenvalue weighted by molar-refractivity contribution is 7.13. The van der Waals surface area contributed by atoms with Gasteiger partial charge in [0, 0.05) is 5.54 Å². The van der Waals surface area contributed by atoms with Crippen LogP contribution in [-0.4, -0.2) is 39.8 Å². The van der Waals surface area contributed by atoms with Crippen LogP contribution in [0.2, 0.25) is 0 Å². The molecule has 0 unspecified atom stereocenters. The second-order valence-corrected chi connectivity index (χ2v) is 9.79. The molecule has 0 bridgehead atoms. The SMILES string of the molecule is COc1ccccc1N1C(=O)c2cc(-c3cccs3)nn2C[C@@]1(C)C(=O)NC(C)(C)C. The second kappa shape index (κ2) is 7.53. The maximum atomic E-state index is 13.8. The Kier molecular flexibility index (Phi) is 5.13. The maximum absolute atomic E-state index is 13.8. The van der Waals surface area contributed by atoms with Crippen LogP contribution in [-0.2, 0) is 11.3 Å². The third-order valence-corrected chi connectivity index (χ3v) is 6.12. The lowest BCUT2D eigenvalue weighted by Crippen LogP contribution is -2.66. The first-order valence-corrected chi connectivity index (χ1v) is 10.9. The molecule has 1 atom stereocenters. The summed E-state index contributed by atoms with van der Waals surface area (Å²) in [6.45, 7) is 7.75. The van der Waals surface area contributed by atoms with Gasteiger partial charge in [-0.25, -0.2) is 0 Å². The van der Waals surface area contributed by atoms with Gasteiger partial charge in [0.05, 0.1) is 24.2 Å². The molecule has 1 aromatic carbocycles. The van der Waals surface area contributed by atoms with Gasteiger partial charge in [0.15, 0.2) is 0 Å². The summed E-state index contributed by atoms with van der Waals surface area (Å²) in [6, 6.07) is 12.9. The molecule has 2 amide bonds. The summed E-state index contributed by atoms with van der Waals surface area (Å²) in [7, 11) is 1.55. The van der Waals surface area contributed by atoms with Crippen molar-refractivity contribution < 1.29 is 14.3 Å². The van der Waals surface area contributed by atoms with Crippen molar-refractivity contribution in [2.45, 2.75) is 45.3 Å². The number of amides is 2. The molecule has 1 aliphatic heterocycles. The fourth-order valence-corrected chi connectivity index (χ4v) is 4.47. The van der Waals surface area contributed by atoms with E-state index in [0.717, 1.165) is 10.6 Å². The molecule has 7 nitrogen and oxygen atoms in total. The van der Waals surface area contributed by atoms with E-state index in [1.54, 1.807) is 53.2 Å². The molecule has 162 valence electrons. The minimum Gasteiger partial charge on any atom is -0.495 e. The van der Waals surface area contributed by atoms with Crippen LogP contribution >= 0.6 is 11.3 Å². The first kappa shape index (κ1) is 21.1. The molecule has 0 aliphatic carbocycles. The zero-order valence-corrected chi connectivity index (χ0v) is 19.1. The van der Waals surface area contributed by atoms with Gasteiger partial charge in [0.2, 0.25) is 5.91 Å². The van der Waals surface area contributed by atoms with Gasteiger partial charge in [-0.2, -0.15) is 5.10 Å². The molecule has 1 aliphatic rings. The van der Waals surface area contributed by atoms with Crippen molar-refractivity contribution in [1.82, 2.24) is 15.1 Å². The Morgan fingerprint density at radius 3 is 2.61 bits per heavy atom. The van der Waals surface area contributed by atoms with E-state index in [1.165, 1.54) is 0 Å². The normalized spacial score (nSPS) is 18.6. The lowest BCUT2D eigenvalue weighted by molar-refractivity contribution is -0.128. The number of carbonyl (C=O) groups is 2. The summed E-state index contributed by atoms with van der Waals surface area (Å²) in [5.41, 5.74) is 0.0492. The highest BCUT2D eigenvalue weighted by atomic mass is 32.1. The maximum Gasteiger partial charge on any atom is 0.277 e. The van der Waals surface area contributed by atoms with E-state index in [-0.39, 0.29) is 18.4 Å². The van der Waals surface area contributed by atoms with Gasteiger partial charge in [0.1, 0.15) is 22.7 Å². The molecule has 31 heavy (non-hydrogen) atoms. The number of hydrogen-bond acceptors (Lipinski definition) is 5. The fraction of sp³-hybridized carbons (Fsp3) is 0.348. The number of thiophene rings is 1. The molecule has 0 radical (unpaired) electrons. The number of aromatic nitrogens is 2. The van der Waals surface area contributed by atoms with Crippen LogP contribution in [0.1, 0.15) is 38.2 Å². The van der Waals surface area contributed by atoms with Crippen molar-refractivity contribution in [1.29, 1.82) is 0 Å². The number of benzene rings is 1. The van der Waals surface area contributed by atoms with Crippen molar-refractivity contribution >= 4 is 28.8 Å². The summed E-state index contributed by atoms with van der Waals surface area (Å²) < 4.78 is 7.17. The summed E-state index contributed by atoms with van der Waals surface area (Å²) in [6.07, 6.45) is 0. The molecule has 1 N–H and O–H groups in total. The van der Waals surface area contributed by atoms with Gasteiger partial charge in [0.25, 0.3) is 5.91 Å². The Morgan fingerprint density at radius 2 is 1.97 bits per heavy atom. The Balaban J connectivity index is 1.87. The number of methoxy groups -OCH3 is 1. The Hall–Kier alpha value is -3.13. The molecule has 3 heterocycles. The van der Waals surface area contributed by atoms with E-state index < -0.39 is 11.1 Å². The van der Waals surface area contributed by atoms with Gasteiger partial charge in [-0.3, -0.25) is 19.2 Å². The van der Waals surface area contributed by atoms with Gasteiger partial charge >= 0.3 is 0 Å². The lowest BCUT2D eigenvalue weighted by atomic mass is 9.92. The molecule has 2 aromatic heterocycles. The molecular formula is C23H26N4O3S. The zero-order valence-electron chi connectivity index (χ0n) is 18.3. The second-order valence-electron chi connectivity index (χ2n) is 8.84. The van der Waals surface area contributed by atoms with E-state index in [1.807, 2.05) is 50.4 Å². The highest BCUT2D eigenvalue weighted by Crippen LogP contribution is 2.39. The van der Waals surface area contributed by atoms with Crippen molar-refractivity contribution in [2.24, 2.45) is 0 Å². The predicted molar refractivity (Wildman–Crippen MR) is 122 cm³/mol. The van der Waals surface area contributed by atoms with Gasteiger partial charge in [-0.05, 0) is 57.3 Å². The molecule has 4 rings (SSSR count). The minimum atomic E-state index is -1.20. The van der Waals surface area contributed by atoms with Crippen LogP contribution in [0.25, 0.3) is 10.6 Å². The van der Waals surface area contributed by atoms with Crippen LogP contribution in [0, 0.1) is 0 Å². The monoisotopic (exact) mass is 438 g/mol. The lowest BCUT2D eigenvalue weighted by Gasteiger charge is -2.44. The quantitative estimate of drug-likeness (QED) is 0.669. The Bertz CT molecular complexity index is 1130. The van der Waals surface area contributed by atoms with Crippen LogP contribution in [0.3, 0.4) is 0 Å². The summed E-state index contributed by atoms with van der Waals surface area (Å²) in [5, 5.41) is 9.67. The number of anilines is 1. The third-order valence-electron chi connectivity index (χ3n) is 5.23. The number of carbonyl (C=O) groups excluding carboxylic acids is 2. The third kappa shape index (κ3) is 3.72. The largest absolute Gasteiger partial charge is 0.495 e. The summed E-state index contributed by atoms with van der Waals surface area (Å²) >= 11 is 1.56. The van der Waals surface area contributed by atoms with E-state index >= 15 is 0 Å². The number of fused-ring (bicyclic) bond motifs is 1. The molecule has 3 aromatic rings. The van der Waals surface area contributed by atoms with Crippen LogP contribution in [0.4, 0.5) is 5.69 Å². The number of nitrogens with zero attached hydrogens (tertiary/aromatic N) is 3. The Labute approximate surface area is 185 Å². The Morgan fingerprint density at radius 1 is 1.23 bits per heavy atom. The van der Waals surface area contributed by atoms with Crippen molar-refractivity contribution in [3.63, 3.8) is 0 Å². The topological polar surface area (TPSA) is 76.5 Å². The van der Waals surface area contributed by atoms with Crippen molar-refractivity contribution in [3.8, 4) is 16.3 Å². The van der Waals surface area contributed by atoms with E-state index in [4.69, 9.17) is 4.74 Å². The first-order chi connectivity index (χ1) is 14.6. The number of para-hydroxylation sites is 2. The minimum absolute atomic E-state index is 0.222. The van der Waals surface area contributed by atoms with Gasteiger partial charge in [-0.15, -0.1) is 11.3 Å². The molecular weight excluding hydrogens is 412 g/mol. The van der Waals surface area contributed by atoms with Crippen LogP contribution in [0.5, 0.6) is 5.75 Å². The molecule has 0 saturated carbocycles. The standard InChI is InChI=1S/C23H26N4O3S/c1-22(2,3)24-21(29)23(4)14-26-17(13-15(25-26)19-11-8-12-31-19)20(28)27(23)16-9-6-7-10-18(16)30-5/h6-13H,14H2,1-5H3,(H,24,29)/t23-/m0/s1. The van der Waals surface area contributed by atoms with Crippen molar-refractivity contribution in [2.75, 3.05) is 12.0 Å². The molecule has 0 spiro atoms. The van der Waals surface area contributed by atoms with Crippen LogP contribution < -0.4 is 15.0 Å². The van der Waals surface area contributed by atoms with E-state index in [2.05, 4.69) is 10.4 Å². The van der Waals surface area contributed by atoms with E-state index in [0.29, 0.717) is 17.1 Å². The number of ether oxygens (including phenoxy) is 1. The van der Waals surface area contributed by atoms with Gasteiger partial charge in [-0.1, -0.05) is 18.2 Å². The summed E-state index contributed by atoms with van der Waals surface area (Å²) in [4.78, 5) is 29.8. The fourth-order valence-electron chi connectivity index (χ4n) is 3.79. The first-order valence-electron chi connectivity index (χ1n) is 10.1. The highest BCUT2D eigenvalue weighted by Gasteiger charge is 2.50. The summed E-state index contributed by atoms with van der Waals surface area (Å²) in [5.74, 6) is -0.0206. The van der Waals surface area contributed by atoms with Gasteiger partial charge < -0.3 is 10.1 Å². The molecule has 8 heteroatoms. The van der Waals surface area contributed by atoms with E-state index in [9.17, 15) is 9.59 Å².